The molecule has 0 unspecified atom stereocenters. The molecule has 1 aromatic carbocycles. The summed E-state index contributed by atoms with van der Waals surface area (Å²) in [5.74, 6) is 1.42. The third-order valence-electron chi connectivity index (χ3n) is 2.08. The average molecular weight is 305 g/mol. The van der Waals surface area contributed by atoms with Crippen molar-refractivity contribution in [3.05, 3.63) is 22.7 Å². The number of aliphatic hydroxyl groups excluding tert-OH is 1. The predicted molar refractivity (Wildman–Crippen MR) is 68.7 cm³/mol. The molecular weight excluding hydrogens is 288 g/mol. The molecule has 96 valence electrons. The van der Waals surface area contributed by atoms with Crippen molar-refractivity contribution >= 4 is 15.9 Å². The molecule has 0 spiro atoms. The van der Waals surface area contributed by atoms with Gasteiger partial charge in [-0.1, -0.05) is 0 Å². The van der Waals surface area contributed by atoms with Gasteiger partial charge in [-0.15, -0.1) is 0 Å². The minimum Gasteiger partial charge on any atom is -0.497 e. The van der Waals surface area contributed by atoms with E-state index in [2.05, 4.69) is 15.9 Å². The lowest BCUT2D eigenvalue weighted by molar-refractivity contribution is 0.0163. The molecule has 0 heterocycles. The maximum Gasteiger partial charge on any atom is 0.133 e. The molecular formula is C12H17BrO4. The molecule has 1 N–H and O–H groups in total. The highest BCUT2D eigenvalue weighted by Gasteiger charge is 2.07. The van der Waals surface area contributed by atoms with Crippen molar-refractivity contribution in [2.75, 3.05) is 26.9 Å². The van der Waals surface area contributed by atoms with Crippen molar-refractivity contribution in [1.82, 2.24) is 0 Å². The van der Waals surface area contributed by atoms with Crippen LogP contribution in [0.4, 0.5) is 0 Å². The molecule has 0 aliphatic rings. The Kier molecular flexibility index (Phi) is 6.32. The number of methoxy groups -OCH3 is 1. The topological polar surface area (TPSA) is 47.9 Å². The lowest BCUT2D eigenvalue weighted by Gasteiger charge is -2.13. The summed E-state index contributed by atoms with van der Waals surface area (Å²) in [5.41, 5.74) is 0. The highest BCUT2D eigenvalue weighted by atomic mass is 79.9. The van der Waals surface area contributed by atoms with Gasteiger partial charge >= 0.3 is 0 Å². The molecule has 5 heteroatoms. The maximum atomic E-state index is 9.54. The molecule has 4 nitrogen and oxygen atoms in total. The van der Waals surface area contributed by atoms with Crippen LogP contribution in [-0.2, 0) is 4.74 Å². The summed E-state index contributed by atoms with van der Waals surface area (Å²) in [4.78, 5) is 0. The van der Waals surface area contributed by atoms with Crippen LogP contribution in [0.15, 0.2) is 22.7 Å². The van der Waals surface area contributed by atoms with Gasteiger partial charge in [0, 0.05) is 6.61 Å². The van der Waals surface area contributed by atoms with Crippen LogP contribution in [0.2, 0.25) is 0 Å². The summed E-state index contributed by atoms with van der Waals surface area (Å²) in [7, 11) is 1.61. The van der Waals surface area contributed by atoms with E-state index in [1.165, 1.54) is 0 Å². The van der Waals surface area contributed by atoms with Crippen LogP contribution in [-0.4, -0.2) is 38.1 Å². The van der Waals surface area contributed by atoms with Gasteiger partial charge in [-0.3, -0.25) is 0 Å². The second-order valence-corrected chi connectivity index (χ2v) is 4.27. The Morgan fingerprint density at radius 3 is 2.71 bits per heavy atom. The van der Waals surface area contributed by atoms with E-state index in [0.29, 0.717) is 12.4 Å². The van der Waals surface area contributed by atoms with E-state index in [1.807, 2.05) is 13.0 Å². The zero-order chi connectivity index (χ0) is 12.7. The first kappa shape index (κ1) is 14.3. The highest BCUT2D eigenvalue weighted by molar-refractivity contribution is 9.10. The SMILES string of the molecule is CCOC[C@H](O)COc1ccc(OC)cc1Br. The average Bonchev–Trinajstić information content (AvgIpc) is 2.34. The number of rotatable bonds is 7. The van der Waals surface area contributed by atoms with Crippen LogP contribution >= 0.6 is 15.9 Å². The largest absolute Gasteiger partial charge is 0.497 e. The van der Waals surface area contributed by atoms with Gasteiger partial charge in [0.2, 0.25) is 0 Å². The summed E-state index contributed by atoms with van der Waals surface area (Å²) >= 11 is 3.37. The molecule has 0 amide bonds. The van der Waals surface area contributed by atoms with Crippen molar-refractivity contribution in [2.24, 2.45) is 0 Å². The molecule has 0 aliphatic carbocycles. The van der Waals surface area contributed by atoms with Crippen molar-refractivity contribution in [1.29, 1.82) is 0 Å². The molecule has 1 rings (SSSR count). The first-order valence-corrected chi connectivity index (χ1v) is 6.18. The normalized spacial score (nSPS) is 12.2. The first-order chi connectivity index (χ1) is 8.17. The Morgan fingerprint density at radius 1 is 1.35 bits per heavy atom. The van der Waals surface area contributed by atoms with Gasteiger partial charge in [-0.2, -0.15) is 0 Å². The van der Waals surface area contributed by atoms with Gasteiger partial charge in [0.25, 0.3) is 0 Å². The van der Waals surface area contributed by atoms with Gasteiger partial charge in [-0.25, -0.2) is 0 Å². The summed E-state index contributed by atoms with van der Waals surface area (Å²) in [6.45, 7) is 2.95. The van der Waals surface area contributed by atoms with E-state index in [1.54, 1.807) is 19.2 Å². The van der Waals surface area contributed by atoms with E-state index in [-0.39, 0.29) is 13.2 Å². The van der Waals surface area contributed by atoms with E-state index in [4.69, 9.17) is 14.2 Å². The van der Waals surface area contributed by atoms with Crippen LogP contribution in [0.3, 0.4) is 0 Å². The second kappa shape index (κ2) is 7.53. The fourth-order valence-corrected chi connectivity index (χ4v) is 1.69. The highest BCUT2D eigenvalue weighted by Crippen LogP contribution is 2.29. The van der Waals surface area contributed by atoms with E-state index < -0.39 is 6.10 Å². The molecule has 0 saturated carbocycles. The molecule has 0 fully saturated rings. The summed E-state index contributed by atoms with van der Waals surface area (Å²) in [6, 6.07) is 5.40. The minimum atomic E-state index is -0.621. The third-order valence-corrected chi connectivity index (χ3v) is 2.70. The quantitative estimate of drug-likeness (QED) is 0.839. The van der Waals surface area contributed by atoms with Gasteiger partial charge in [0.15, 0.2) is 0 Å². The van der Waals surface area contributed by atoms with E-state index in [9.17, 15) is 5.11 Å². The molecule has 0 aliphatic heterocycles. The molecule has 1 atom stereocenters. The maximum absolute atomic E-state index is 9.54. The Bertz CT molecular complexity index is 343. The fourth-order valence-electron chi connectivity index (χ4n) is 1.21. The Morgan fingerprint density at radius 2 is 2.12 bits per heavy atom. The van der Waals surface area contributed by atoms with Crippen molar-refractivity contribution < 1.29 is 19.3 Å². The van der Waals surface area contributed by atoms with Gasteiger partial charge in [0.05, 0.1) is 18.2 Å². The van der Waals surface area contributed by atoms with Crippen LogP contribution in [0.25, 0.3) is 0 Å². The summed E-state index contributed by atoms with van der Waals surface area (Å²) < 4.78 is 16.4. The number of halogens is 1. The molecule has 17 heavy (non-hydrogen) atoms. The zero-order valence-corrected chi connectivity index (χ0v) is 11.6. The lowest BCUT2D eigenvalue weighted by Crippen LogP contribution is -2.23. The Labute approximate surface area is 110 Å². The third kappa shape index (κ3) is 4.93. The van der Waals surface area contributed by atoms with Crippen LogP contribution in [0.5, 0.6) is 11.5 Å². The Balaban J connectivity index is 2.46. The molecule has 0 radical (unpaired) electrons. The summed E-state index contributed by atoms with van der Waals surface area (Å²) in [5, 5.41) is 9.54. The van der Waals surface area contributed by atoms with Crippen LogP contribution in [0.1, 0.15) is 6.92 Å². The standard InChI is InChI=1S/C12H17BrO4/c1-3-16-7-9(14)8-17-12-5-4-10(15-2)6-11(12)13/h4-6,9,14H,3,7-8H2,1-2H3/t9-/m0/s1. The van der Waals surface area contributed by atoms with E-state index in [0.717, 1.165) is 10.2 Å². The van der Waals surface area contributed by atoms with Crippen LogP contribution in [0, 0.1) is 0 Å². The first-order valence-electron chi connectivity index (χ1n) is 5.39. The number of benzene rings is 1. The van der Waals surface area contributed by atoms with Crippen molar-refractivity contribution in [3.63, 3.8) is 0 Å². The molecule has 0 aromatic heterocycles. The summed E-state index contributed by atoms with van der Waals surface area (Å²) in [6.07, 6.45) is -0.621. The Hall–Kier alpha value is -0.780. The fraction of sp³-hybridized carbons (Fsp3) is 0.500. The number of aliphatic hydroxyl groups is 1. The van der Waals surface area contributed by atoms with Crippen molar-refractivity contribution in [3.8, 4) is 11.5 Å². The molecule has 1 aromatic rings. The van der Waals surface area contributed by atoms with Gasteiger partial charge < -0.3 is 19.3 Å². The van der Waals surface area contributed by atoms with Crippen molar-refractivity contribution in [2.45, 2.75) is 13.0 Å². The van der Waals surface area contributed by atoms with Gasteiger partial charge in [0.1, 0.15) is 24.2 Å². The number of ether oxygens (including phenoxy) is 3. The predicted octanol–water partition coefficient (Wildman–Crippen LogP) is 2.23. The molecule has 0 saturated heterocycles. The monoisotopic (exact) mass is 304 g/mol. The minimum absolute atomic E-state index is 0.199. The van der Waals surface area contributed by atoms with Crippen LogP contribution < -0.4 is 9.47 Å². The van der Waals surface area contributed by atoms with Gasteiger partial charge in [-0.05, 0) is 41.1 Å². The molecule has 0 bridgehead atoms. The lowest BCUT2D eigenvalue weighted by atomic mass is 10.3. The zero-order valence-electron chi connectivity index (χ0n) is 9.98. The number of hydrogen-bond acceptors (Lipinski definition) is 4. The smallest absolute Gasteiger partial charge is 0.133 e. The second-order valence-electron chi connectivity index (χ2n) is 3.42. The number of hydrogen-bond donors (Lipinski definition) is 1. The van der Waals surface area contributed by atoms with E-state index >= 15 is 0 Å².